The molecule has 1 heterocycles. The molecule has 0 atom stereocenters. The average Bonchev–Trinajstić information content (AvgIpc) is 2.44. The van der Waals surface area contributed by atoms with Gasteiger partial charge in [-0.05, 0) is 34.0 Å². The number of H-pyrrole nitrogens is 1. The van der Waals surface area contributed by atoms with E-state index >= 15 is 0 Å². The molecule has 1 aromatic heterocycles. The van der Waals surface area contributed by atoms with Crippen molar-refractivity contribution in [1.82, 2.24) is 4.98 Å². The van der Waals surface area contributed by atoms with Crippen molar-refractivity contribution in [2.45, 2.75) is 19.8 Å². The van der Waals surface area contributed by atoms with E-state index in [-0.39, 0.29) is 0 Å². The maximum absolute atomic E-state index is 3.56. The second kappa shape index (κ2) is 3.54. The number of fused-ring (bicyclic) bond motifs is 1. The van der Waals surface area contributed by atoms with Crippen LogP contribution in [0.5, 0.6) is 0 Å². The Balaban J connectivity index is 2.64. The lowest BCUT2D eigenvalue weighted by atomic mass is 10.1. The first-order chi connectivity index (χ1) is 6.33. The zero-order valence-corrected chi connectivity index (χ0v) is 9.19. The molecular weight excluding hydrogens is 226 g/mol. The summed E-state index contributed by atoms with van der Waals surface area (Å²) in [6.45, 7) is 2.20. The normalized spacial score (nSPS) is 10.9. The fraction of sp³-hybridized carbons (Fsp3) is 0.273. The lowest BCUT2D eigenvalue weighted by Gasteiger charge is -1.95. The number of nitrogens with one attached hydrogen (secondary N) is 1. The van der Waals surface area contributed by atoms with Crippen molar-refractivity contribution in [1.29, 1.82) is 0 Å². The van der Waals surface area contributed by atoms with E-state index in [4.69, 9.17) is 0 Å². The van der Waals surface area contributed by atoms with Gasteiger partial charge in [0, 0.05) is 10.9 Å². The molecule has 0 spiro atoms. The van der Waals surface area contributed by atoms with Crippen molar-refractivity contribution in [3.63, 3.8) is 0 Å². The number of hydrogen-bond acceptors (Lipinski definition) is 0. The van der Waals surface area contributed by atoms with Gasteiger partial charge in [0.25, 0.3) is 0 Å². The third-order valence-electron chi connectivity index (χ3n) is 2.26. The van der Waals surface area contributed by atoms with E-state index in [9.17, 15) is 0 Å². The summed E-state index contributed by atoms with van der Waals surface area (Å²) in [5.41, 5.74) is 2.62. The maximum atomic E-state index is 3.56. The average molecular weight is 238 g/mol. The Morgan fingerprint density at radius 2 is 2.08 bits per heavy atom. The second-order valence-electron chi connectivity index (χ2n) is 3.21. The lowest BCUT2D eigenvalue weighted by Crippen LogP contribution is -1.80. The third-order valence-corrected chi connectivity index (χ3v) is 2.94. The summed E-state index contributed by atoms with van der Waals surface area (Å²) >= 11 is 3.56. The summed E-state index contributed by atoms with van der Waals surface area (Å²) in [7, 11) is 0. The zero-order valence-electron chi connectivity index (χ0n) is 7.60. The van der Waals surface area contributed by atoms with Crippen LogP contribution in [0.1, 0.15) is 18.9 Å². The molecule has 2 heteroatoms. The molecule has 0 aliphatic carbocycles. The quantitative estimate of drug-likeness (QED) is 0.817. The van der Waals surface area contributed by atoms with Crippen LogP contribution in [0, 0.1) is 0 Å². The molecule has 0 unspecified atom stereocenters. The summed E-state index contributed by atoms with van der Waals surface area (Å²) in [6.07, 6.45) is 2.31. The van der Waals surface area contributed by atoms with Crippen molar-refractivity contribution in [3.8, 4) is 0 Å². The highest BCUT2D eigenvalue weighted by molar-refractivity contribution is 9.10. The highest BCUT2D eigenvalue weighted by atomic mass is 79.9. The molecule has 1 aromatic carbocycles. The number of hydrogen-bond donors (Lipinski definition) is 1. The fourth-order valence-electron chi connectivity index (χ4n) is 1.66. The second-order valence-corrected chi connectivity index (χ2v) is 4.01. The van der Waals surface area contributed by atoms with Gasteiger partial charge in [-0.15, -0.1) is 0 Å². The molecule has 13 heavy (non-hydrogen) atoms. The Kier molecular flexibility index (Phi) is 2.40. The molecule has 0 amide bonds. The van der Waals surface area contributed by atoms with Crippen LogP contribution in [0.15, 0.2) is 28.9 Å². The Bertz CT molecular complexity index is 417. The van der Waals surface area contributed by atoms with Gasteiger partial charge in [0.15, 0.2) is 0 Å². The molecule has 0 fully saturated rings. The van der Waals surface area contributed by atoms with Gasteiger partial charge in [-0.25, -0.2) is 0 Å². The minimum absolute atomic E-state index is 1.13. The van der Waals surface area contributed by atoms with Crippen LogP contribution in [0.2, 0.25) is 0 Å². The molecule has 0 aliphatic rings. The van der Waals surface area contributed by atoms with Gasteiger partial charge in [-0.2, -0.15) is 0 Å². The van der Waals surface area contributed by atoms with Crippen LogP contribution < -0.4 is 0 Å². The maximum Gasteiger partial charge on any atom is 0.0863 e. The van der Waals surface area contributed by atoms with E-state index in [0.29, 0.717) is 0 Å². The minimum Gasteiger partial charge on any atom is -0.349 e. The first-order valence-corrected chi connectivity index (χ1v) is 5.37. The van der Waals surface area contributed by atoms with Crippen LogP contribution in [0.4, 0.5) is 0 Å². The number of rotatable bonds is 2. The van der Waals surface area contributed by atoms with Crippen molar-refractivity contribution in [2.24, 2.45) is 0 Å². The number of para-hydroxylation sites is 1. The van der Waals surface area contributed by atoms with Gasteiger partial charge >= 0.3 is 0 Å². The Labute approximate surface area is 86.3 Å². The molecule has 2 rings (SSSR count). The van der Waals surface area contributed by atoms with E-state index in [1.807, 2.05) is 0 Å². The largest absolute Gasteiger partial charge is 0.349 e. The summed E-state index contributed by atoms with van der Waals surface area (Å²) in [5.74, 6) is 0. The van der Waals surface area contributed by atoms with Gasteiger partial charge in [0.05, 0.1) is 4.60 Å². The first kappa shape index (κ1) is 8.82. The molecule has 1 N–H and O–H groups in total. The molecule has 2 aromatic rings. The Morgan fingerprint density at radius 3 is 2.85 bits per heavy atom. The van der Waals surface area contributed by atoms with E-state index in [1.54, 1.807) is 0 Å². The summed E-state index contributed by atoms with van der Waals surface area (Å²) in [5, 5.41) is 1.34. The Morgan fingerprint density at radius 1 is 1.31 bits per heavy atom. The van der Waals surface area contributed by atoms with Crippen molar-refractivity contribution >= 4 is 26.8 Å². The monoisotopic (exact) mass is 237 g/mol. The van der Waals surface area contributed by atoms with Gasteiger partial charge in [0.2, 0.25) is 0 Å². The van der Waals surface area contributed by atoms with Crippen molar-refractivity contribution in [2.75, 3.05) is 0 Å². The molecule has 0 bridgehead atoms. The van der Waals surface area contributed by atoms with Gasteiger partial charge in [-0.1, -0.05) is 31.5 Å². The number of benzene rings is 1. The molecule has 0 aliphatic heterocycles. The molecular formula is C11H12BrN. The van der Waals surface area contributed by atoms with Crippen molar-refractivity contribution < 1.29 is 0 Å². The predicted molar refractivity (Wildman–Crippen MR) is 60.0 cm³/mol. The van der Waals surface area contributed by atoms with E-state index in [2.05, 4.69) is 52.1 Å². The highest BCUT2D eigenvalue weighted by Crippen LogP contribution is 2.27. The standard InChI is InChI=1S/C11H12BrN/c1-2-5-9-8-6-3-4-7-10(8)13-11(9)12/h3-4,6-7,13H,2,5H2,1H3. The number of aromatic amines is 1. The van der Waals surface area contributed by atoms with E-state index in [1.165, 1.54) is 22.9 Å². The van der Waals surface area contributed by atoms with E-state index < -0.39 is 0 Å². The molecule has 0 saturated carbocycles. The summed E-state index contributed by atoms with van der Waals surface area (Å²) < 4.78 is 1.13. The van der Waals surface area contributed by atoms with Crippen LogP contribution in [-0.4, -0.2) is 4.98 Å². The minimum atomic E-state index is 1.13. The summed E-state index contributed by atoms with van der Waals surface area (Å²) in [6, 6.07) is 8.42. The van der Waals surface area contributed by atoms with Gasteiger partial charge in [0.1, 0.15) is 0 Å². The number of aromatic nitrogens is 1. The fourth-order valence-corrected chi connectivity index (χ4v) is 2.29. The molecule has 68 valence electrons. The van der Waals surface area contributed by atoms with Crippen LogP contribution in [0.3, 0.4) is 0 Å². The molecule has 0 radical (unpaired) electrons. The lowest BCUT2D eigenvalue weighted by molar-refractivity contribution is 0.923. The van der Waals surface area contributed by atoms with Crippen LogP contribution in [0.25, 0.3) is 10.9 Å². The van der Waals surface area contributed by atoms with Gasteiger partial charge < -0.3 is 4.98 Å². The summed E-state index contributed by atoms with van der Waals surface area (Å²) in [4.78, 5) is 3.33. The highest BCUT2D eigenvalue weighted by Gasteiger charge is 2.06. The number of halogens is 1. The zero-order chi connectivity index (χ0) is 9.26. The SMILES string of the molecule is CCCc1c(Br)[nH]c2ccccc12. The molecule has 0 saturated heterocycles. The van der Waals surface area contributed by atoms with Crippen LogP contribution in [-0.2, 0) is 6.42 Å². The Hall–Kier alpha value is -0.760. The van der Waals surface area contributed by atoms with Gasteiger partial charge in [-0.3, -0.25) is 0 Å². The van der Waals surface area contributed by atoms with E-state index in [0.717, 1.165) is 11.0 Å². The molecule has 1 nitrogen and oxygen atoms in total. The van der Waals surface area contributed by atoms with Crippen LogP contribution >= 0.6 is 15.9 Å². The smallest absolute Gasteiger partial charge is 0.0863 e. The van der Waals surface area contributed by atoms with Crippen molar-refractivity contribution in [3.05, 3.63) is 34.4 Å². The number of aryl methyl sites for hydroxylation is 1. The first-order valence-electron chi connectivity index (χ1n) is 4.58. The third kappa shape index (κ3) is 1.51. The topological polar surface area (TPSA) is 15.8 Å². The predicted octanol–water partition coefficient (Wildman–Crippen LogP) is 3.88.